The van der Waals surface area contributed by atoms with Gasteiger partial charge in [-0.3, -0.25) is 9.69 Å². The van der Waals surface area contributed by atoms with E-state index >= 15 is 0 Å². The summed E-state index contributed by atoms with van der Waals surface area (Å²) in [4.78, 5) is 16.1. The first-order valence-corrected chi connectivity index (χ1v) is 8.70. The van der Waals surface area contributed by atoms with Gasteiger partial charge in [0.05, 0.1) is 19.3 Å². The van der Waals surface area contributed by atoms with Crippen LogP contribution in [0.5, 0.6) is 5.75 Å². The monoisotopic (exact) mass is 360 g/mol. The van der Waals surface area contributed by atoms with Gasteiger partial charge in [-0.1, -0.05) is 0 Å². The smallest absolute Gasteiger partial charge is 0.248 e. The molecule has 3 rings (SSSR count). The molecule has 0 atom stereocenters. The Morgan fingerprint density at radius 2 is 1.88 bits per heavy atom. The van der Waals surface area contributed by atoms with Crippen LogP contribution in [0.15, 0.2) is 24.3 Å². The second kappa shape index (κ2) is 8.72. The van der Waals surface area contributed by atoms with Crippen molar-refractivity contribution in [3.8, 4) is 11.4 Å². The third kappa shape index (κ3) is 4.36. The highest BCUT2D eigenvalue weighted by atomic mass is 16.5. The van der Waals surface area contributed by atoms with Crippen molar-refractivity contribution in [3.63, 3.8) is 0 Å². The fourth-order valence-electron chi connectivity index (χ4n) is 2.86. The Labute approximate surface area is 152 Å². The van der Waals surface area contributed by atoms with Gasteiger partial charge in [0.25, 0.3) is 0 Å². The maximum absolute atomic E-state index is 12.0. The summed E-state index contributed by atoms with van der Waals surface area (Å²) in [7, 11) is 1.64. The highest BCUT2D eigenvalue weighted by Gasteiger charge is 2.22. The second-order valence-corrected chi connectivity index (χ2v) is 6.00. The Hall–Kier alpha value is -2.52. The number of rotatable bonds is 7. The summed E-state index contributed by atoms with van der Waals surface area (Å²) in [6, 6.07) is 7.60. The average Bonchev–Trinajstić information content (AvgIpc) is 3.15. The molecule has 9 nitrogen and oxygen atoms in total. The number of carbonyl (C=O) groups excluding carboxylic acids is 1. The van der Waals surface area contributed by atoms with Gasteiger partial charge in [-0.05, 0) is 41.6 Å². The highest BCUT2D eigenvalue weighted by molar-refractivity contribution is 5.77. The Kier molecular flexibility index (Phi) is 6.13. The Morgan fingerprint density at radius 1 is 1.15 bits per heavy atom. The number of hydrogen-bond donors (Lipinski definition) is 0. The zero-order valence-electron chi connectivity index (χ0n) is 15.2. The number of hydrogen-bond acceptors (Lipinski definition) is 7. The fourth-order valence-corrected chi connectivity index (χ4v) is 2.86. The lowest BCUT2D eigenvalue weighted by molar-refractivity contribution is -0.137. The van der Waals surface area contributed by atoms with Crippen LogP contribution in [0, 0.1) is 0 Å². The van der Waals surface area contributed by atoms with E-state index in [-0.39, 0.29) is 12.5 Å². The van der Waals surface area contributed by atoms with E-state index in [0.717, 1.165) is 30.4 Å². The van der Waals surface area contributed by atoms with Crippen molar-refractivity contribution in [3.05, 3.63) is 30.1 Å². The molecule has 1 amide bonds. The number of benzene rings is 1. The summed E-state index contributed by atoms with van der Waals surface area (Å²) in [6.45, 7) is 6.18. The number of amides is 1. The first-order chi connectivity index (χ1) is 12.7. The molecule has 0 unspecified atom stereocenters. The van der Waals surface area contributed by atoms with Crippen LogP contribution >= 0.6 is 0 Å². The van der Waals surface area contributed by atoms with E-state index in [9.17, 15) is 4.79 Å². The summed E-state index contributed by atoms with van der Waals surface area (Å²) in [5, 5.41) is 12.1. The minimum Gasteiger partial charge on any atom is -0.497 e. The van der Waals surface area contributed by atoms with Crippen LogP contribution in [0.2, 0.25) is 0 Å². The maximum atomic E-state index is 12.0. The van der Waals surface area contributed by atoms with Crippen LogP contribution in [0.4, 0.5) is 0 Å². The molecular formula is C17H24N6O3. The molecule has 1 aliphatic heterocycles. The lowest BCUT2D eigenvalue weighted by Crippen LogP contribution is -2.49. The lowest BCUT2D eigenvalue weighted by atomic mass is 10.3. The van der Waals surface area contributed by atoms with Crippen molar-refractivity contribution in [2.75, 3.05) is 46.5 Å². The third-order valence-electron chi connectivity index (χ3n) is 4.37. The van der Waals surface area contributed by atoms with Gasteiger partial charge < -0.3 is 14.4 Å². The van der Waals surface area contributed by atoms with Gasteiger partial charge in [0.1, 0.15) is 12.4 Å². The molecule has 1 aromatic heterocycles. The van der Waals surface area contributed by atoms with Crippen molar-refractivity contribution in [2.24, 2.45) is 0 Å². The number of aromatic nitrogens is 4. The molecule has 1 aromatic carbocycles. The van der Waals surface area contributed by atoms with Gasteiger partial charge in [0.15, 0.2) is 5.82 Å². The average molecular weight is 360 g/mol. The topological polar surface area (TPSA) is 85.6 Å². The van der Waals surface area contributed by atoms with Crippen LogP contribution in [0.1, 0.15) is 12.7 Å². The van der Waals surface area contributed by atoms with E-state index in [4.69, 9.17) is 9.47 Å². The number of carbonyl (C=O) groups is 1. The normalized spacial score (nSPS) is 15.2. The predicted octanol–water partition coefficient (Wildman–Crippen LogP) is 0.352. The number of ether oxygens (including phenoxy) is 2. The fraction of sp³-hybridized carbons (Fsp3) is 0.529. The van der Waals surface area contributed by atoms with Crippen molar-refractivity contribution in [2.45, 2.75) is 13.5 Å². The Morgan fingerprint density at radius 3 is 2.54 bits per heavy atom. The van der Waals surface area contributed by atoms with Gasteiger partial charge in [0.2, 0.25) is 5.91 Å². The maximum Gasteiger partial charge on any atom is 0.248 e. The van der Waals surface area contributed by atoms with Gasteiger partial charge in [-0.15, -0.1) is 5.10 Å². The molecular weight excluding hydrogens is 336 g/mol. The molecule has 2 heterocycles. The molecule has 0 bridgehead atoms. The Bertz CT molecular complexity index is 710. The van der Waals surface area contributed by atoms with E-state index in [1.807, 2.05) is 36.1 Å². The molecule has 0 spiro atoms. The number of methoxy groups -OCH3 is 1. The van der Waals surface area contributed by atoms with Gasteiger partial charge in [-0.25, -0.2) is 0 Å². The largest absolute Gasteiger partial charge is 0.497 e. The molecule has 0 aliphatic carbocycles. The zero-order valence-corrected chi connectivity index (χ0v) is 15.2. The highest BCUT2D eigenvalue weighted by Crippen LogP contribution is 2.16. The summed E-state index contributed by atoms with van der Waals surface area (Å²) in [6.07, 6.45) is 0. The van der Waals surface area contributed by atoms with Gasteiger partial charge in [0, 0.05) is 32.8 Å². The van der Waals surface area contributed by atoms with Crippen molar-refractivity contribution in [1.82, 2.24) is 30.0 Å². The molecule has 9 heteroatoms. The van der Waals surface area contributed by atoms with Gasteiger partial charge >= 0.3 is 0 Å². The van der Waals surface area contributed by atoms with Crippen LogP contribution in [-0.4, -0.2) is 82.4 Å². The molecule has 0 N–H and O–H groups in total. The van der Waals surface area contributed by atoms with Crippen molar-refractivity contribution < 1.29 is 14.3 Å². The second-order valence-electron chi connectivity index (χ2n) is 6.00. The zero-order chi connectivity index (χ0) is 18.4. The third-order valence-corrected chi connectivity index (χ3v) is 4.37. The minimum atomic E-state index is 0.0505. The first kappa shape index (κ1) is 18.3. The van der Waals surface area contributed by atoms with Crippen LogP contribution in [0.3, 0.4) is 0 Å². The molecule has 0 radical (unpaired) electrons. The van der Waals surface area contributed by atoms with Crippen LogP contribution in [-0.2, 0) is 16.1 Å². The molecule has 1 fully saturated rings. The summed E-state index contributed by atoms with van der Waals surface area (Å²) in [5.74, 6) is 1.61. The summed E-state index contributed by atoms with van der Waals surface area (Å²) in [5.41, 5.74) is 0.885. The number of piperazine rings is 1. The lowest BCUT2D eigenvalue weighted by Gasteiger charge is -2.34. The molecule has 26 heavy (non-hydrogen) atoms. The first-order valence-electron chi connectivity index (χ1n) is 8.70. The molecule has 2 aromatic rings. The summed E-state index contributed by atoms with van der Waals surface area (Å²) >= 11 is 0. The molecule has 1 saturated heterocycles. The summed E-state index contributed by atoms with van der Waals surface area (Å²) < 4.78 is 12.1. The molecule has 0 saturated carbocycles. The van der Waals surface area contributed by atoms with E-state index < -0.39 is 0 Å². The van der Waals surface area contributed by atoms with Crippen LogP contribution in [0.25, 0.3) is 5.69 Å². The Balaban J connectivity index is 1.57. The van der Waals surface area contributed by atoms with E-state index in [2.05, 4.69) is 20.4 Å². The quantitative estimate of drug-likeness (QED) is 0.704. The molecule has 140 valence electrons. The van der Waals surface area contributed by atoms with E-state index in [1.165, 1.54) is 0 Å². The van der Waals surface area contributed by atoms with E-state index in [1.54, 1.807) is 11.8 Å². The minimum absolute atomic E-state index is 0.0505. The predicted molar refractivity (Wildman–Crippen MR) is 94.1 cm³/mol. The van der Waals surface area contributed by atoms with Crippen molar-refractivity contribution in [1.29, 1.82) is 0 Å². The van der Waals surface area contributed by atoms with Crippen molar-refractivity contribution >= 4 is 5.91 Å². The number of tetrazole rings is 1. The van der Waals surface area contributed by atoms with E-state index in [0.29, 0.717) is 26.2 Å². The molecule has 1 aliphatic rings. The SMILES string of the molecule is CCOCC(=O)N1CCN(Cc2nnnn2-c2ccc(OC)cc2)CC1. The number of nitrogens with zero attached hydrogens (tertiary/aromatic N) is 6. The van der Waals surface area contributed by atoms with Crippen LogP contribution < -0.4 is 4.74 Å². The van der Waals surface area contributed by atoms with Gasteiger partial charge in [-0.2, -0.15) is 4.68 Å². The standard InChI is InChI=1S/C17H24N6O3/c1-3-26-13-17(24)22-10-8-21(9-11-22)12-16-18-19-20-23(16)14-4-6-15(25-2)7-5-14/h4-7H,3,8-13H2,1-2H3.